The molecule has 11 nitrogen and oxygen atoms in total. The van der Waals surface area contributed by atoms with Crippen molar-refractivity contribution in [2.75, 3.05) is 53.6 Å². The summed E-state index contributed by atoms with van der Waals surface area (Å²) in [5.74, 6) is 1.10. The third-order valence-corrected chi connectivity index (χ3v) is 7.53. The lowest BCUT2D eigenvalue weighted by molar-refractivity contribution is -0.126. The van der Waals surface area contributed by atoms with Crippen LogP contribution < -0.4 is 20.1 Å². The van der Waals surface area contributed by atoms with Crippen LogP contribution in [-0.4, -0.2) is 91.0 Å². The zero-order valence-corrected chi connectivity index (χ0v) is 22.5. The molecule has 1 aliphatic heterocycles. The molecule has 0 atom stereocenters. The standard InChI is InChI=1S/C28H36N6O5/c1-37-24-8-5-20(17-25(24)38-2)23-9-10-29-26-18-22(32-34(23)26)28(36)31-21-6-3-19(4-7-21)27(35)30-11-12-33-13-15-39-16-14-33/h5,8-10,17-19,21H,3-4,6-7,11-16H2,1-2H3,(H,30,35)(H,31,36). The van der Waals surface area contributed by atoms with Crippen molar-refractivity contribution in [3.8, 4) is 22.8 Å². The molecule has 11 heteroatoms. The number of nitrogens with one attached hydrogen (secondary N) is 2. The molecule has 0 radical (unpaired) electrons. The lowest BCUT2D eigenvalue weighted by atomic mass is 9.85. The summed E-state index contributed by atoms with van der Waals surface area (Å²) in [4.78, 5) is 32.4. The number of ether oxygens (including phenoxy) is 3. The topological polar surface area (TPSA) is 119 Å². The van der Waals surface area contributed by atoms with E-state index in [2.05, 4.69) is 25.6 Å². The highest BCUT2D eigenvalue weighted by Crippen LogP contribution is 2.32. The van der Waals surface area contributed by atoms with Gasteiger partial charge in [0.05, 0.1) is 33.1 Å². The van der Waals surface area contributed by atoms with Crippen LogP contribution in [0.15, 0.2) is 36.5 Å². The van der Waals surface area contributed by atoms with E-state index >= 15 is 0 Å². The zero-order chi connectivity index (χ0) is 27.2. The van der Waals surface area contributed by atoms with E-state index < -0.39 is 0 Å². The van der Waals surface area contributed by atoms with E-state index in [1.165, 1.54) is 0 Å². The van der Waals surface area contributed by atoms with Crippen LogP contribution in [0.5, 0.6) is 11.5 Å². The molecular formula is C28H36N6O5. The molecule has 39 heavy (non-hydrogen) atoms. The molecule has 0 spiro atoms. The lowest BCUT2D eigenvalue weighted by Gasteiger charge is -2.29. The Bertz CT molecular complexity index is 1300. The van der Waals surface area contributed by atoms with Crippen molar-refractivity contribution < 1.29 is 23.8 Å². The lowest BCUT2D eigenvalue weighted by Crippen LogP contribution is -2.44. The molecule has 5 rings (SSSR count). The number of fused-ring (bicyclic) bond motifs is 1. The van der Waals surface area contributed by atoms with Gasteiger partial charge >= 0.3 is 0 Å². The molecular weight excluding hydrogens is 500 g/mol. The molecule has 3 aromatic rings. The average Bonchev–Trinajstić information content (AvgIpc) is 3.43. The number of benzene rings is 1. The summed E-state index contributed by atoms with van der Waals surface area (Å²) in [6.45, 7) is 4.86. The van der Waals surface area contributed by atoms with Gasteiger partial charge in [-0.2, -0.15) is 5.10 Å². The van der Waals surface area contributed by atoms with Crippen LogP contribution in [0.4, 0.5) is 0 Å². The number of amides is 2. The smallest absolute Gasteiger partial charge is 0.272 e. The molecule has 1 aromatic carbocycles. The number of rotatable bonds is 9. The van der Waals surface area contributed by atoms with E-state index in [-0.39, 0.29) is 23.8 Å². The third kappa shape index (κ3) is 6.31. The van der Waals surface area contributed by atoms with Gasteiger partial charge < -0.3 is 24.8 Å². The summed E-state index contributed by atoms with van der Waals surface area (Å²) in [6.07, 6.45) is 4.72. The normalized spacial score (nSPS) is 19.9. The minimum Gasteiger partial charge on any atom is -0.493 e. The fourth-order valence-electron chi connectivity index (χ4n) is 5.29. The maximum atomic E-state index is 13.1. The van der Waals surface area contributed by atoms with Crippen molar-refractivity contribution in [3.05, 3.63) is 42.2 Å². The van der Waals surface area contributed by atoms with Crippen LogP contribution in [0.1, 0.15) is 36.2 Å². The second-order valence-corrected chi connectivity index (χ2v) is 9.97. The average molecular weight is 537 g/mol. The Morgan fingerprint density at radius 1 is 1.03 bits per heavy atom. The second-order valence-electron chi connectivity index (χ2n) is 9.97. The van der Waals surface area contributed by atoms with Crippen molar-refractivity contribution in [2.24, 2.45) is 5.92 Å². The summed E-state index contributed by atoms with van der Waals surface area (Å²) in [6, 6.07) is 9.15. The number of hydrogen-bond acceptors (Lipinski definition) is 8. The van der Waals surface area contributed by atoms with Crippen molar-refractivity contribution in [3.63, 3.8) is 0 Å². The highest BCUT2D eigenvalue weighted by molar-refractivity contribution is 5.93. The molecule has 0 bridgehead atoms. The first kappa shape index (κ1) is 26.9. The zero-order valence-electron chi connectivity index (χ0n) is 22.5. The Balaban J connectivity index is 1.16. The quantitative estimate of drug-likeness (QED) is 0.427. The molecule has 2 aliphatic rings. The molecule has 1 saturated heterocycles. The summed E-state index contributed by atoms with van der Waals surface area (Å²) in [7, 11) is 3.18. The SMILES string of the molecule is COc1ccc(-c2ccnc3cc(C(=O)NC4CCC(C(=O)NCCN5CCOCC5)CC4)nn23)cc1OC. The summed E-state index contributed by atoms with van der Waals surface area (Å²) >= 11 is 0. The first-order chi connectivity index (χ1) is 19.1. The maximum Gasteiger partial charge on any atom is 0.272 e. The predicted octanol–water partition coefficient (Wildman–Crippen LogP) is 2.15. The number of hydrogen-bond donors (Lipinski definition) is 2. The van der Waals surface area contributed by atoms with Gasteiger partial charge in [-0.3, -0.25) is 14.5 Å². The van der Waals surface area contributed by atoms with Gasteiger partial charge in [-0.05, 0) is 49.9 Å². The molecule has 1 saturated carbocycles. The predicted molar refractivity (Wildman–Crippen MR) is 145 cm³/mol. The first-order valence-electron chi connectivity index (χ1n) is 13.5. The van der Waals surface area contributed by atoms with Gasteiger partial charge in [-0.25, -0.2) is 9.50 Å². The van der Waals surface area contributed by atoms with E-state index in [0.717, 1.165) is 69.8 Å². The Kier molecular flexibility index (Phi) is 8.58. The van der Waals surface area contributed by atoms with Gasteiger partial charge in [0, 0.05) is 56.0 Å². The molecule has 2 fully saturated rings. The molecule has 208 valence electrons. The second kappa shape index (κ2) is 12.4. The van der Waals surface area contributed by atoms with Crippen LogP contribution in [0.2, 0.25) is 0 Å². The molecule has 2 aromatic heterocycles. The molecule has 2 amide bonds. The van der Waals surface area contributed by atoms with E-state index in [9.17, 15) is 9.59 Å². The van der Waals surface area contributed by atoms with Crippen molar-refractivity contribution in [1.29, 1.82) is 0 Å². The van der Waals surface area contributed by atoms with Crippen molar-refractivity contribution in [2.45, 2.75) is 31.7 Å². The highest BCUT2D eigenvalue weighted by atomic mass is 16.5. The van der Waals surface area contributed by atoms with Crippen molar-refractivity contribution >= 4 is 17.5 Å². The van der Waals surface area contributed by atoms with Gasteiger partial charge in [0.25, 0.3) is 5.91 Å². The van der Waals surface area contributed by atoms with Crippen LogP contribution in [-0.2, 0) is 9.53 Å². The van der Waals surface area contributed by atoms with Gasteiger partial charge in [-0.1, -0.05) is 0 Å². The van der Waals surface area contributed by atoms with Crippen LogP contribution in [0.25, 0.3) is 16.9 Å². The molecule has 0 unspecified atom stereocenters. The number of carbonyl (C=O) groups excluding carboxylic acids is 2. The van der Waals surface area contributed by atoms with Gasteiger partial charge in [0.15, 0.2) is 22.8 Å². The summed E-state index contributed by atoms with van der Waals surface area (Å²) in [5, 5.41) is 10.8. The summed E-state index contributed by atoms with van der Waals surface area (Å²) in [5.41, 5.74) is 2.51. The number of methoxy groups -OCH3 is 2. The monoisotopic (exact) mass is 536 g/mol. The van der Waals surface area contributed by atoms with Gasteiger partial charge in [0.2, 0.25) is 5.91 Å². The van der Waals surface area contributed by atoms with E-state index in [4.69, 9.17) is 14.2 Å². The molecule has 1 aliphatic carbocycles. The summed E-state index contributed by atoms with van der Waals surface area (Å²) < 4.78 is 17.8. The van der Waals surface area contributed by atoms with E-state index in [1.54, 1.807) is 31.0 Å². The minimum absolute atomic E-state index is 0.00807. The largest absolute Gasteiger partial charge is 0.493 e. The Hall–Kier alpha value is -3.70. The fraction of sp³-hybridized carbons (Fsp3) is 0.500. The van der Waals surface area contributed by atoms with Crippen molar-refractivity contribution in [1.82, 2.24) is 30.1 Å². The van der Waals surface area contributed by atoms with E-state index in [0.29, 0.717) is 29.4 Å². The van der Waals surface area contributed by atoms with E-state index in [1.807, 2.05) is 24.3 Å². The number of aromatic nitrogens is 3. The van der Waals surface area contributed by atoms with Crippen LogP contribution in [0, 0.1) is 5.92 Å². The van der Waals surface area contributed by atoms with Crippen LogP contribution >= 0.6 is 0 Å². The Morgan fingerprint density at radius 3 is 2.54 bits per heavy atom. The van der Waals surface area contributed by atoms with Crippen LogP contribution in [0.3, 0.4) is 0 Å². The molecule has 3 heterocycles. The number of carbonyl (C=O) groups is 2. The first-order valence-corrected chi connectivity index (χ1v) is 13.5. The number of morpholine rings is 1. The maximum absolute atomic E-state index is 13.1. The Morgan fingerprint density at radius 2 is 1.79 bits per heavy atom. The molecule has 2 N–H and O–H groups in total. The number of nitrogens with zero attached hydrogens (tertiary/aromatic N) is 4. The third-order valence-electron chi connectivity index (χ3n) is 7.53. The minimum atomic E-state index is -0.239. The van der Waals surface area contributed by atoms with Gasteiger partial charge in [0.1, 0.15) is 0 Å². The highest BCUT2D eigenvalue weighted by Gasteiger charge is 2.28. The fourth-order valence-corrected chi connectivity index (χ4v) is 5.29. The van der Waals surface area contributed by atoms with Gasteiger partial charge in [-0.15, -0.1) is 0 Å². The Labute approximate surface area is 227 Å².